The molecule has 0 atom stereocenters. The summed E-state index contributed by atoms with van der Waals surface area (Å²) in [5, 5.41) is 18.6. The summed E-state index contributed by atoms with van der Waals surface area (Å²) in [6.45, 7) is 2.38. The highest BCUT2D eigenvalue weighted by atomic mass is 32.2. The van der Waals surface area contributed by atoms with E-state index < -0.39 is 5.97 Å². The molecular weight excluding hydrogens is 442 g/mol. The maximum Gasteiger partial charge on any atom is 0.340 e. The van der Waals surface area contributed by atoms with E-state index in [9.17, 15) is 9.59 Å². The molecule has 0 spiro atoms. The van der Waals surface area contributed by atoms with Crippen LogP contribution in [0, 0.1) is 0 Å². The van der Waals surface area contributed by atoms with Crippen LogP contribution in [0.2, 0.25) is 0 Å². The fraction of sp³-hybridized carbons (Fsp3) is 0.333. The van der Waals surface area contributed by atoms with Gasteiger partial charge in [-0.2, -0.15) is 0 Å². The first-order chi connectivity index (χ1) is 15.4. The summed E-state index contributed by atoms with van der Waals surface area (Å²) < 4.78 is 21.6. The molecule has 0 aliphatic rings. The zero-order chi connectivity index (χ0) is 23.3. The summed E-state index contributed by atoms with van der Waals surface area (Å²) in [6, 6.07) is 2.92. The number of rotatable bonds is 9. The van der Waals surface area contributed by atoms with Gasteiger partial charge in [0.1, 0.15) is 0 Å². The SMILES string of the molecule is CCn1c(SCC(=O)Nc2cc(OC)c(OC)cc2C(=O)OC)nnc1-c1nonc1N. The van der Waals surface area contributed by atoms with Gasteiger partial charge in [0.2, 0.25) is 5.91 Å². The molecule has 0 unspecified atom stereocenters. The number of thioether (sulfide) groups is 1. The van der Waals surface area contributed by atoms with Crippen LogP contribution in [0.25, 0.3) is 11.5 Å². The molecule has 0 saturated heterocycles. The predicted octanol–water partition coefficient (Wildman–Crippen LogP) is 1.46. The average molecular weight is 463 g/mol. The third kappa shape index (κ3) is 4.59. The van der Waals surface area contributed by atoms with Gasteiger partial charge in [-0.25, -0.2) is 9.42 Å². The summed E-state index contributed by atoms with van der Waals surface area (Å²) in [7, 11) is 4.13. The topological polar surface area (TPSA) is 170 Å². The fourth-order valence-corrected chi connectivity index (χ4v) is 3.59. The predicted molar refractivity (Wildman–Crippen MR) is 114 cm³/mol. The summed E-state index contributed by atoms with van der Waals surface area (Å²) in [5.41, 5.74) is 6.34. The molecule has 0 fully saturated rings. The molecule has 3 aromatic rings. The molecule has 1 aromatic carbocycles. The zero-order valence-electron chi connectivity index (χ0n) is 17.7. The van der Waals surface area contributed by atoms with Crippen LogP contribution in [0.3, 0.4) is 0 Å². The number of anilines is 2. The van der Waals surface area contributed by atoms with E-state index in [2.05, 4.69) is 30.5 Å². The minimum Gasteiger partial charge on any atom is -0.493 e. The second-order valence-corrected chi connectivity index (χ2v) is 7.07. The van der Waals surface area contributed by atoms with E-state index in [-0.39, 0.29) is 34.4 Å². The number of hydrogen-bond donors (Lipinski definition) is 2. The van der Waals surface area contributed by atoms with Crippen LogP contribution in [0.1, 0.15) is 17.3 Å². The molecule has 14 heteroatoms. The Bertz CT molecular complexity index is 1130. The van der Waals surface area contributed by atoms with Gasteiger partial charge in [0, 0.05) is 18.7 Å². The molecule has 1 amide bonds. The highest BCUT2D eigenvalue weighted by Gasteiger charge is 2.22. The molecule has 13 nitrogen and oxygen atoms in total. The molecule has 0 radical (unpaired) electrons. The Morgan fingerprint density at radius 1 is 1.16 bits per heavy atom. The number of nitrogens with two attached hydrogens (primary N) is 1. The van der Waals surface area contributed by atoms with Crippen molar-refractivity contribution in [1.82, 2.24) is 25.1 Å². The fourth-order valence-electron chi connectivity index (χ4n) is 2.78. The van der Waals surface area contributed by atoms with E-state index in [4.69, 9.17) is 19.9 Å². The number of nitrogens with one attached hydrogen (secondary N) is 1. The van der Waals surface area contributed by atoms with Gasteiger partial charge in [-0.1, -0.05) is 11.8 Å². The normalized spacial score (nSPS) is 10.6. The van der Waals surface area contributed by atoms with Crippen molar-refractivity contribution in [2.75, 3.05) is 38.1 Å². The maximum absolute atomic E-state index is 12.6. The second-order valence-electron chi connectivity index (χ2n) is 6.13. The quantitative estimate of drug-likeness (QED) is 0.346. The Morgan fingerprint density at radius 2 is 1.88 bits per heavy atom. The number of nitrogens with zero attached hydrogens (tertiary/aromatic N) is 5. The maximum atomic E-state index is 12.6. The van der Waals surface area contributed by atoms with Crippen molar-refractivity contribution in [1.29, 1.82) is 0 Å². The van der Waals surface area contributed by atoms with Crippen molar-refractivity contribution in [2.45, 2.75) is 18.6 Å². The molecular formula is C18H21N7O6S. The number of ether oxygens (including phenoxy) is 3. The van der Waals surface area contributed by atoms with E-state index in [1.807, 2.05) is 6.92 Å². The zero-order valence-corrected chi connectivity index (χ0v) is 18.6. The molecule has 2 aromatic heterocycles. The van der Waals surface area contributed by atoms with Gasteiger partial charge in [-0.3, -0.25) is 4.79 Å². The number of amides is 1. The lowest BCUT2D eigenvalue weighted by Gasteiger charge is -2.14. The largest absolute Gasteiger partial charge is 0.493 e. The Labute approximate surface area is 186 Å². The van der Waals surface area contributed by atoms with Crippen LogP contribution in [0.5, 0.6) is 11.5 Å². The van der Waals surface area contributed by atoms with E-state index in [0.29, 0.717) is 29.0 Å². The van der Waals surface area contributed by atoms with Crippen molar-refractivity contribution in [2.24, 2.45) is 0 Å². The number of aromatic nitrogens is 5. The Morgan fingerprint density at radius 3 is 2.47 bits per heavy atom. The van der Waals surface area contributed by atoms with Gasteiger partial charge < -0.3 is 29.8 Å². The molecule has 0 aliphatic heterocycles. The van der Waals surface area contributed by atoms with Crippen molar-refractivity contribution in [3.63, 3.8) is 0 Å². The molecule has 0 bridgehead atoms. The van der Waals surface area contributed by atoms with Crippen molar-refractivity contribution in [3.05, 3.63) is 17.7 Å². The first-order valence-corrected chi connectivity index (χ1v) is 10.2. The van der Waals surface area contributed by atoms with Gasteiger partial charge in [0.05, 0.1) is 38.3 Å². The smallest absolute Gasteiger partial charge is 0.340 e. The summed E-state index contributed by atoms with van der Waals surface area (Å²) in [4.78, 5) is 24.8. The minimum atomic E-state index is -0.636. The first-order valence-electron chi connectivity index (χ1n) is 9.22. The van der Waals surface area contributed by atoms with Crippen LogP contribution in [-0.2, 0) is 16.1 Å². The van der Waals surface area contributed by atoms with Gasteiger partial charge >= 0.3 is 5.97 Å². The Balaban J connectivity index is 1.78. The lowest BCUT2D eigenvalue weighted by molar-refractivity contribution is -0.113. The molecule has 32 heavy (non-hydrogen) atoms. The standard InChI is InChI=1S/C18H21N7O6S/c1-5-25-16(14-15(19)24-31-23-14)21-22-18(25)32-8-13(26)20-10-7-12(29-3)11(28-2)6-9(10)17(27)30-4/h6-7H,5,8H2,1-4H3,(H2,19,24)(H,20,26). The second kappa shape index (κ2) is 10.00. The molecule has 0 aliphatic carbocycles. The third-order valence-corrected chi connectivity index (χ3v) is 5.26. The number of esters is 1. The highest BCUT2D eigenvalue weighted by molar-refractivity contribution is 7.99. The van der Waals surface area contributed by atoms with Crippen LogP contribution < -0.4 is 20.5 Å². The lowest BCUT2D eigenvalue weighted by atomic mass is 10.1. The monoisotopic (exact) mass is 463 g/mol. The molecule has 0 saturated carbocycles. The number of hydrogen-bond acceptors (Lipinski definition) is 12. The third-order valence-electron chi connectivity index (χ3n) is 4.29. The summed E-state index contributed by atoms with van der Waals surface area (Å²) >= 11 is 1.15. The lowest BCUT2D eigenvalue weighted by Crippen LogP contribution is -2.18. The van der Waals surface area contributed by atoms with Crippen molar-refractivity contribution < 1.29 is 28.4 Å². The number of methoxy groups -OCH3 is 3. The Kier molecular flexibility index (Phi) is 7.14. The average Bonchev–Trinajstić information content (AvgIpc) is 3.41. The van der Waals surface area contributed by atoms with Crippen LogP contribution in [0.15, 0.2) is 21.9 Å². The number of benzene rings is 1. The van der Waals surface area contributed by atoms with Crippen molar-refractivity contribution in [3.8, 4) is 23.0 Å². The minimum absolute atomic E-state index is 0.0142. The van der Waals surface area contributed by atoms with Gasteiger partial charge in [-0.05, 0) is 17.2 Å². The van der Waals surface area contributed by atoms with E-state index in [0.717, 1.165) is 11.8 Å². The first kappa shape index (κ1) is 22.9. The van der Waals surface area contributed by atoms with Gasteiger partial charge in [0.25, 0.3) is 0 Å². The summed E-state index contributed by atoms with van der Waals surface area (Å²) in [5.74, 6) is 0.0971. The highest BCUT2D eigenvalue weighted by Crippen LogP contribution is 2.34. The van der Waals surface area contributed by atoms with E-state index >= 15 is 0 Å². The number of nitrogen functional groups attached to an aromatic ring is 1. The molecule has 170 valence electrons. The molecule has 3 rings (SSSR count). The van der Waals surface area contributed by atoms with Crippen LogP contribution in [-0.4, -0.2) is 64.0 Å². The summed E-state index contributed by atoms with van der Waals surface area (Å²) in [6.07, 6.45) is 0. The molecule has 2 heterocycles. The van der Waals surface area contributed by atoms with Crippen molar-refractivity contribution >= 4 is 35.1 Å². The number of carbonyl (C=O) groups excluding carboxylic acids is 2. The van der Waals surface area contributed by atoms with Gasteiger partial charge in [0.15, 0.2) is 34.0 Å². The molecule has 3 N–H and O–H groups in total. The Hall–Kier alpha value is -3.81. The van der Waals surface area contributed by atoms with Crippen LogP contribution >= 0.6 is 11.8 Å². The van der Waals surface area contributed by atoms with Gasteiger partial charge in [-0.15, -0.1) is 10.2 Å². The van der Waals surface area contributed by atoms with Crippen LogP contribution in [0.4, 0.5) is 11.5 Å². The van der Waals surface area contributed by atoms with E-state index in [1.165, 1.54) is 33.5 Å². The number of carbonyl (C=O) groups is 2. The van der Waals surface area contributed by atoms with E-state index in [1.54, 1.807) is 4.57 Å².